The first-order valence-corrected chi connectivity index (χ1v) is 8.39. The Hall–Kier alpha value is -2.81. The van der Waals surface area contributed by atoms with Crippen LogP contribution in [0, 0.1) is 5.82 Å². The van der Waals surface area contributed by atoms with Crippen LogP contribution in [0.4, 0.5) is 10.1 Å². The Kier molecular flexibility index (Phi) is 3.58. The number of benzene rings is 1. The van der Waals surface area contributed by atoms with Crippen molar-refractivity contribution in [1.82, 2.24) is 4.68 Å². The highest BCUT2D eigenvalue weighted by Gasteiger charge is 2.33. The minimum Gasteiger partial charge on any atom is -0.504 e. The molecule has 9 heteroatoms. The number of hydrogen-bond acceptors (Lipinski definition) is 6. The van der Waals surface area contributed by atoms with Gasteiger partial charge in [0.15, 0.2) is 11.6 Å². The average Bonchev–Trinajstić information content (AvgIpc) is 3.01. The molecule has 1 aromatic heterocycles. The standard InChI is InChI=1S/C17H19FN4O4/c1-20-4-3-9-13-11(15(23)10(17(25)26)7-22(13)20)16(24)12(18)14(9)21-5-2-8(19)6-21/h7-8,24H,2-6,19H2,1H3,(H,25,26)/t8-/m0/s1. The van der Waals surface area contributed by atoms with Crippen molar-refractivity contribution in [3.63, 3.8) is 0 Å². The van der Waals surface area contributed by atoms with Gasteiger partial charge in [0, 0.05) is 44.5 Å². The molecule has 138 valence electrons. The molecule has 4 N–H and O–H groups in total. The number of carboxylic acid groups (broad SMARTS) is 1. The van der Waals surface area contributed by atoms with E-state index in [0.717, 1.165) is 0 Å². The second-order valence-corrected chi connectivity index (χ2v) is 6.86. The summed E-state index contributed by atoms with van der Waals surface area (Å²) in [5, 5.41) is 21.2. The molecule has 0 amide bonds. The van der Waals surface area contributed by atoms with Crippen LogP contribution in [0.5, 0.6) is 5.75 Å². The number of anilines is 1. The first-order valence-electron chi connectivity index (χ1n) is 8.39. The number of aromatic carboxylic acids is 1. The Morgan fingerprint density at radius 1 is 1.38 bits per heavy atom. The number of phenolic OH excluding ortho intramolecular Hbond substituents is 1. The smallest absolute Gasteiger partial charge is 0.341 e. The third kappa shape index (κ3) is 2.16. The van der Waals surface area contributed by atoms with Gasteiger partial charge in [-0.2, -0.15) is 0 Å². The number of aromatic hydroxyl groups is 1. The lowest BCUT2D eigenvalue weighted by Crippen LogP contribution is -2.39. The first-order chi connectivity index (χ1) is 12.3. The van der Waals surface area contributed by atoms with Gasteiger partial charge in [0.1, 0.15) is 5.56 Å². The first kappa shape index (κ1) is 16.6. The topological polar surface area (TPSA) is 112 Å². The van der Waals surface area contributed by atoms with Crippen molar-refractivity contribution in [3.8, 4) is 5.75 Å². The van der Waals surface area contributed by atoms with E-state index in [0.29, 0.717) is 43.6 Å². The molecule has 0 radical (unpaired) electrons. The van der Waals surface area contributed by atoms with Gasteiger partial charge in [-0.15, -0.1) is 0 Å². The van der Waals surface area contributed by atoms with Gasteiger partial charge in [0.25, 0.3) is 0 Å². The van der Waals surface area contributed by atoms with Gasteiger partial charge in [0.2, 0.25) is 5.43 Å². The molecule has 8 nitrogen and oxygen atoms in total. The van der Waals surface area contributed by atoms with E-state index in [2.05, 4.69) is 0 Å². The number of carboxylic acids is 1. The van der Waals surface area contributed by atoms with Crippen molar-refractivity contribution < 1.29 is 19.4 Å². The van der Waals surface area contributed by atoms with Crippen LogP contribution in [0.25, 0.3) is 10.9 Å². The highest BCUT2D eigenvalue weighted by Crippen LogP contribution is 2.41. The SMILES string of the molecule is CN1CCc2c(N3CC[C@H](N)C3)c(F)c(O)c3c(=O)c(C(=O)O)cn1c23. The number of hydrogen-bond donors (Lipinski definition) is 3. The largest absolute Gasteiger partial charge is 0.504 e. The zero-order chi connectivity index (χ0) is 18.7. The summed E-state index contributed by atoms with van der Waals surface area (Å²) in [6, 6.07) is -0.0812. The third-order valence-corrected chi connectivity index (χ3v) is 5.24. The second-order valence-electron chi connectivity index (χ2n) is 6.86. The fourth-order valence-corrected chi connectivity index (χ4v) is 3.94. The van der Waals surface area contributed by atoms with E-state index < -0.39 is 28.5 Å². The molecule has 0 unspecified atom stereocenters. The Morgan fingerprint density at radius 3 is 2.73 bits per heavy atom. The normalized spacial score (nSPS) is 19.4. The molecule has 0 bridgehead atoms. The number of phenols is 1. The lowest BCUT2D eigenvalue weighted by Gasteiger charge is -2.34. The zero-order valence-electron chi connectivity index (χ0n) is 14.2. The molecular formula is C17H19FN4O4. The molecule has 2 aliphatic heterocycles. The predicted octanol–water partition coefficient (Wildman–Crippen LogP) is 0.206. The van der Waals surface area contributed by atoms with Crippen LogP contribution < -0.4 is 21.1 Å². The van der Waals surface area contributed by atoms with E-state index in [1.165, 1.54) is 10.9 Å². The summed E-state index contributed by atoms with van der Waals surface area (Å²) in [6.07, 6.45) is 2.41. The molecule has 26 heavy (non-hydrogen) atoms. The molecule has 0 saturated carbocycles. The van der Waals surface area contributed by atoms with Crippen molar-refractivity contribution in [2.75, 3.05) is 36.6 Å². The molecule has 4 rings (SSSR count). The number of halogens is 1. The zero-order valence-corrected chi connectivity index (χ0v) is 14.2. The maximum atomic E-state index is 15.1. The highest BCUT2D eigenvalue weighted by atomic mass is 19.1. The number of likely N-dealkylation sites (N-methyl/N-ethyl adjacent to an activating group) is 1. The van der Waals surface area contributed by atoms with Crippen molar-refractivity contribution in [2.24, 2.45) is 5.73 Å². The minimum atomic E-state index is -1.42. The second kappa shape index (κ2) is 5.60. The average molecular weight is 362 g/mol. The molecule has 0 aliphatic carbocycles. The van der Waals surface area contributed by atoms with E-state index in [4.69, 9.17) is 5.73 Å². The van der Waals surface area contributed by atoms with Crippen molar-refractivity contribution >= 4 is 22.6 Å². The number of nitrogens with zero attached hydrogens (tertiary/aromatic N) is 3. The molecule has 1 fully saturated rings. The number of carbonyl (C=O) groups is 1. The lowest BCUT2D eigenvalue weighted by atomic mass is 9.98. The van der Waals surface area contributed by atoms with E-state index >= 15 is 4.39 Å². The molecule has 1 aromatic carbocycles. The monoisotopic (exact) mass is 362 g/mol. The fourth-order valence-electron chi connectivity index (χ4n) is 3.94. The summed E-state index contributed by atoms with van der Waals surface area (Å²) in [6.45, 7) is 1.53. The fraction of sp³-hybridized carbons (Fsp3) is 0.412. The Labute approximate surface area is 147 Å². The molecule has 2 aliphatic rings. The van der Waals surface area contributed by atoms with Crippen molar-refractivity contribution in [2.45, 2.75) is 18.9 Å². The third-order valence-electron chi connectivity index (χ3n) is 5.24. The molecule has 2 aromatic rings. The summed E-state index contributed by atoms with van der Waals surface area (Å²) in [7, 11) is 1.74. The van der Waals surface area contributed by atoms with E-state index in [1.807, 2.05) is 0 Å². The lowest BCUT2D eigenvalue weighted by molar-refractivity contribution is 0.0695. The molecular weight excluding hydrogens is 343 g/mol. The van der Waals surface area contributed by atoms with Crippen LogP contribution in [0.1, 0.15) is 22.3 Å². The molecule has 3 heterocycles. The predicted molar refractivity (Wildman–Crippen MR) is 94.3 cm³/mol. The highest BCUT2D eigenvalue weighted by molar-refractivity contribution is 5.99. The maximum absolute atomic E-state index is 15.1. The number of rotatable bonds is 2. The number of nitrogens with two attached hydrogens (primary N) is 1. The minimum absolute atomic E-state index is 0.0812. The van der Waals surface area contributed by atoms with Gasteiger partial charge in [-0.1, -0.05) is 0 Å². The number of pyridine rings is 1. The van der Waals surface area contributed by atoms with Gasteiger partial charge in [0.05, 0.1) is 16.6 Å². The Morgan fingerprint density at radius 2 is 2.12 bits per heavy atom. The Balaban J connectivity index is 2.13. The maximum Gasteiger partial charge on any atom is 0.341 e. The molecule has 1 saturated heterocycles. The van der Waals surface area contributed by atoms with Gasteiger partial charge in [-0.25, -0.2) is 9.18 Å². The summed E-state index contributed by atoms with van der Waals surface area (Å²) < 4.78 is 16.6. The van der Waals surface area contributed by atoms with E-state index in [-0.39, 0.29) is 17.1 Å². The van der Waals surface area contributed by atoms with Crippen LogP contribution in [-0.2, 0) is 6.42 Å². The van der Waals surface area contributed by atoms with Gasteiger partial charge in [-0.3, -0.25) is 9.47 Å². The molecule has 1 atom stereocenters. The summed E-state index contributed by atoms with van der Waals surface area (Å²) in [4.78, 5) is 25.8. The van der Waals surface area contributed by atoms with Gasteiger partial charge >= 0.3 is 5.97 Å². The van der Waals surface area contributed by atoms with Crippen molar-refractivity contribution in [3.05, 3.63) is 33.4 Å². The van der Waals surface area contributed by atoms with Crippen LogP contribution in [0.15, 0.2) is 11.0 Å². The quantitative estimate of drug-likeness (QED) is 0.700. The van der Waals surface area contributed by atoms with Gasteiger partial charge in [-0.05, 0) is 12.8 Å². The van der Waals surface area contributed by atoms with Crippen LogP contribution in [0.3, 0.4) is 0 Å². The van der Waals surface area contributed by atoms with Gasteiger partial charge < -0.3 is 25.9 Å². The van der Waals surface area contributed by atoms with Crippen LogP contribution in [0.2, 0.25) is 0 Å². The van der Waals surface area contributed by atoms with E-state index in [1.54, 1.807) is 17.0 Å². The van der Waals surface area contributed by atoms with Crippen LogP contribution in [-0.4, -0.2) is 53.6 Å². The molecule has 0 spiro atoms. The van der Waals surface area contributed by atoms with E-state index in [9.17, 15) is 19.8 Å². The summed E-state index contributed by atoms with van der Waals surface area (Å²) >= 11 is 0. The van der Waals surface area contributed by atoms with Crippen molar-refractivity contribution in [1.29, 1.82) is 0 Å². The van der Waals surface area contributed by atoms with Crippen LogP contribution >= 0.6 is 0 Å². The summed E-state index contributed by atoms with van der Waals surface area (Å²) in [5.74, 6) is -3.12. The summed E-state index contributed by atoms with van der Waals surface area (Å²) in [5.41, 5.74) is 5.74. The Bertz CT molecular complexity index is 1000. The number of aromatic nitrogens is 1.